The van der Waals surface area contributed by atoms with Crippen molar-refractivity contribution in [3.8, 4) is 0 Å². The van der Waals surface area contributed by atoms with Crippen molar-refractivity contribution in [2.45, 2.75) is 12.8 Å². The smallest absolute Gasteiger partial charge is 0.0997 e. The maximum atomic E-state index is 5.72. The van der Waals surface area contributed by atoms with Crippen LogP contribution in [0.2, 0.25) is 0 Å². The molecule has 0 unspecified atom stereocenters. The van der Waals surface area contributed by atoms with Gasteiger partial charge in [-0.2, -0.15) is 0 Å². The third kappa shape index (κ3) is 2.28. The van der Waals surface area contributed by atoms with E-state index in [2.05, 4.69) is 27.3 Å². The van der Waals surface area contributed by atoms with E-state index in [0.717, 1.165) is 31.9 Å². The van der Waals surface area contributed by atoms with Gasteiger partial charge >= 0.3 is 0 Å². The van der Waals surface area contributed by atoms with Crippen LogP contribution in [0.15, 0.2) is 29.3 Å². The lowest BCUT2D eigenvalue weighted by Crippen LogP contribution is -2.39. The SMILES string of the molecule is Nc1ccc(N2CCC(C3=NCCN3)CC2)cc1. The van der Waals surface area contributed by atoms with Crippen LogP contribution in [0.25, 0.3) is 0 Å². The van der Waals surface area contributed by atoms with Crippen molar-refractivity contribution in [1.29, 1.82) is 0 Å². The molecule has 0 aromatic heterocycles. The Labute approximate surface area is 108 Å². The molecule has 1 aromatic rings. The van der Waals surface area contributed by atoms with Crippen LogP contribution in [-0.2, 0) is 0 Å². The molecule has 1 aromatic carbocycles. The number of hydrogen-bond acceptors (Lipinski definition) is 4. The highest BCUT2D eigenvalue weighted by atomic mass is 15.1. The predicted octanol–water partition coefficient (Wildman–Crippen LogP) is 1.49. The van der Waals surface area contributed by atoms with E-state index in [1.165, 1.54) is 24.4 Å². The zero-order valence-corrected chi connectivity index (χ0v) is 10.6. The van der Waals surface area contributed by atoms with Gasteiger partial charge in [0, 0.05) is 36.9 Å². The standard InChI is InChI=1S/C14H20N4/c15-12-1-3-13(4-2-12)18-9-5-11(6-10-18)14-16-7-8-17-14/h1-4,11H,5-10,15H2,(H,16,17). The molecule has 0 aliphatic carbocycles. The van der Waals surface area contributed by atoms with Crippen molar-refractivity contribution >= 4 is 17.2 Å². The number of nitrogens with two attached hydrogens (primary N) is 1. The summed E-state index contributed by atoms with van der Waals surface area (Å²) in [7, 11) is 0. The van der Waals surface area contributed by atoms with Crippen LogP contribution in [0, 0.1) is 5.92 Å². The van der Waals surface area contributed by atoms with Crippen LogP contribution < -0.4 is 16.0 Å². The Kier molecular flexibility index (Phi) is 3.09. The lowest BCUT2D eigenvalue weighted by Gasteiger charge is -2.33. The molecule has 18 heavy (non-hydrogen) atoms. The van der Waals surface area contributed by atoms with Crippen LogP contribution in [-0.4, -0.2) is 32.0 Å². The van der Waals surface area contributed by atoms with Crippen LogP contribution in [0.5, 0.6) is 0 Å². The summed E-state index contributed by atoms with van der Waals surface area (Å²) >= 11 is 0. The average Bonchev–Trinajstić information content (AvgIpc) is 2.94. The summed E-state index contributed by atoms with van der Waals surface area (Å²) in [6.07, 6.45) is 2.38. The molecule has 1 fully saturated rings. The van der Waals surface area contributed by atoms with E-state index in [4.69, 9.17) is 5.73 Å². The van der Waals surface area contributed by atoms with Gasteiger partial charge in [0.1, 0.15) is 0 Å². The Bertz CT molecular complexity index is 430. The molecule has 2 heterocycles. The number of hydrogen-bond donors (Lipinski definition) is 2. The molecule has 2 aliphatic heterocycles. The summed E-state index contributed by atoms with van der Waals surface area (Å²) in [6.45, 7) is 4.19. The average molecular weight is 244 g/mol. The maximum absolute atomic E-state index is 5.72. The van der Waals surface area contributed by atoms with Gasteiger partial charge in [-0.1, -0.05) is 0 Å². The second kappa shape index (κ2) is 4.88. The molecule has 1 saturated heterocycles. The van der Waals surface area contributed by atoms with E-state index < -0.39 is 0 Å². The number of amidine groups is 1. The van der Waals surface area contributed by atoms with Gasteiger partial charge in [-0.05, 0) is 37.1 Å². The van der Waals surface area contributed by atoms with Gasteiger partial charge in [-0.25, -0.2) is 0 Å². The van der Waals surface area contributed by atoms with Crippen molar-refractivity contribution in [3.05, 3.63) is 24.3 Å². The largest absolute Gasteiger partial charge is 0.399 e. The summed E-state index contributed by atoms with van der Waals surface area (Å²) in [4.78, 5) is 6.98. The van der Waals surface area contributed by atoms with Gasteiger partial charge in [-0.3, -0.25) is 4.99 Å². The Morgan fingerprint density at radius 3 is 2.50 bits per heavy atom. The number of aliphatic imine (C=N–C) groups is 1. The quantitative estimate of drug-likeness (QED) is 0.775. The van der Waals surface area contributed by atoms with E-state index in [1.807, 2.05) is 12.1 Å². The van der Waals surface area contributed by atoms with Gasteiger partial charge < -0.3 is 16.0 Å². The van der Waals surface area contributed by atoms with Gasteiger partial charge in [0.15, 0.2) is 0 Å². The zero-order valence-electron chi connectivity index (χ0n) is 10.6. The second-order valence-corrected chi connectivity index (χ2v) is 5.05. The summed E-state index contributed by atoms with van der Waals surface area (Å²) in [6, 6.07) is 8.18. The molecule has 4 heteroatoms. The molecule has 4 nitrogen and oxygen atoms in total. The Morgan fingerprint density at radius 1 is 1.17 bits per heavy atom. The minimum Gasteiger partial charge on any atom is -0.399 e. The first-order valence-corrected chi connectivity index (χ1v) is 6.71. The summed E-state index contributed by atoms with van der Waals surface area (Å²) in [5.74, 6) is 1.88. The topological polar surface area (TPSA) is 53.6 Å². The lowest BCUT2D eigenvalue weighted by atomic mass is 9.95. The van der Waals surface area contributed by atoms with Gasteiger partial charge in [0.05, 0.1) is 12.4 Å². The second-order valence-electron chi connectivity index (χ2n) is 5.05. The molecule has 2 aliphatic rings. The van der Waals surface area contributed by atoms with E-state index in [1.54, 1.807) is 0 Å². The van der Waals surface area contributed by atoms with Gasteiger partial charge in [0.2, 0.25) is 0 Å². The first kappa shape index (κ1) is 11.4. The fourth-order valence-corrected chi connectivity index (χ4v) is 2.79. The monoisotopic (exact) mass is 244 g/mol. The summed E-state index contributed by atoms with van der Waals surface area (Å²) in [5, 5.41) is 3.40. The van der Waals surface area contributed by atoms with Gasteiger partial charge in [0.25, 0.3) is 0 Å². The third-order valence-corrected chi connectivity index (χ3v) is 3.84. The molecular weight excluding hydrogens is 224 g/mol. The van der Waals surface area contributed by atoms with E-state index >= 15 is 0 Å². The first-order valence-electron chi connectivity index (χ1n) is 6.71. The molecule has 3 N–H and O–H groups in total. The fraction of sp³-hybridized carbons (Fsp3) is 0.500. The van der Waals surface area contributed by atoms with Crippen LogP contribution in [0.4, 0.5) is 11.4 Å². The molecule has 0 atom stereocenters. The summed E-state index contributed by atoms with van der Waals surface area (Å²) in [5.41, 5.74) is 7.83. The lowest BCUT2D eigenvalue weighted by molar-refractivity contribution is 0.496. The molecule has 0 bridgehead atoms. The number of nitrogens with zero attached hydrogens (tertiary/aromatic N) is 2. The Balaban J connectivity index is 1.61. The van der Waals surface area contributed by atoms with E-state index in [0.29, 0.717) is 5.92 Å². The number of nitrogen functional groups attached to an aromatic ring is 1. The number of rotatable bonds is 2. The molecule has 0 amide bonds. The Hall–Kier alpha value is -1.71. The highest BCUT2D eigenvalue weighted by molar-refractivity contribution is 5.86. The van der Waals surface area contributed by atoms with Crippen molar-refractivity contribution in [1.82, 2.24) is 5.32 Å². The molecule has 3 rings (SSSR count). The van der Waals surface area contributed by atoms with Gasteiger partial charge in [-0.15, -0.1) is 0 Å². The number of piperidine rings is 1. The van der Waals surface area contributed by atoms with Crippen molar-refractivity contribution in [2.24, 2.45) is 10.9 Å². The van der Waals surface area contributed by atoms with Crippen molar-refractivity contribution < 1.29 is 0 Å². The maximum Gasteiger partial charge on any atom is 0.0997 e. The third-order valence-electron chi connectivity index (χ3n) is 3.84. The zero-order chi connectivity index (χ0) is 12.4. The molecule has 0 radical (unpaired) electrons. The molecule has 96 valence electrons. The Morgan fingerprint density at radius 2 is 1.89 bits per heavy atom. The van der Waals surface area contributed by atoms with E-state index in [-0.39, 0.29) is 0 Å². The first-order chi connectivity index (χ1) is 8.83. The van der Waals surface area contributed by atoms with Crippen LogP contribution in [0.3, 0.4) is 0 Å². The number of nitrogens with one attached hydrogen (secondary N) is 1. The minimum atomic E-state index is 0.637. The van der Waals surface area contributed by atoms with E-state index in [9.17, 15) is 0 Å². The highest BCUT2D eigenvalue weighted by Crippen LogP contribution is 2.24. The number of benzene rings is 1. The van der Waals surface area contributed by atoms with Crippen LogP contribution >= 0.6 is 0 Å². The van der Waals surface area contributed by atoms with Crippen LogP contribution in [0.1, 0.15) is 12.8 Å². The highest BCUT2D eigenvalue weighted by Gasteiger charge is 2.24. The normalized spacial score (nSPS) is 20.7. The minimum absolute atomic E-state index is 0.637. The fourth-order valence-electron chi connectivity index (χ4n) is 2.79. The van der Waals surface area contributed by atoms with Crippen molar-refractivity contribution in [3.63, 3.8) is 0 Å². The molecular formula is C14H20N4. The summed E-state index contributed by atoms with van der Waals surface area (Å²) < 4.78 is 0. The van der Waals surface area contributed by atoms with Crippen molar-refractivity contribution in [2.75, 3.05) is 36.8 Å². The predicted molar refractivity (Wildman–Crippen MR) is 76.1 cm³/mol. The number of anilines is 2. The molecule has 0 spiro atoms. The molecule has 0 saturated carbocycles.